The summed E-state index contributed by atoms with van der Waals surface area (Å²) in [6.45, 7) is 2.09. The van der Waals surface area contributed by atoms with Crippen molar-refractivity contribution in [3.8, 4) is 17.2 Å². The van der Waals surface area contributed by atoms with Crippen molar-refractivity contribution in [1.29, 1.82) is 0 Å². The SMILES string of the molecule is CCc1cc(Br)c2oc(-c3ccc(NC(=O)c4cc(Cl)cc(Cl)c4OC)cc3)nc2c1. The molecule has 0 aliphatic carbocycles. The Morgan fingerprint density at radius 2 is 1.90 bits per heavy atom. The molecule has 0 saturated heterocycles. The zero-order valence-electron chi connectivity index (χ0n) is 16.6. The molecule has 1 heterocycles. The summed E-state index contributed by atoms with van der Waals surface area (Å²) < 4.78 is 12.1. The van der Waals surface area contributed by atoms with Crippen LogP contribution in [0.2, 0.25) is 10.0 Å². The van der Waals surface area contributed by atoms with Crippen LogP contribution >= 0.6 is 39.1 Å². The van der Waals surface area contributed by atoms with Gasteiger partial charge in [0.2, 0.25) is 5.89 Å². The first-order valence-corrected chi connectivity index (χ1v) is 11.0. The molecule has 0 unspecified atom stereocenters. The van der Waals surface area contributed by atoms with E-state index in [9.17, 15) is 4.79 Å². The standard InChI is InChI=1S/C23H17BrCl2N2O3/c1-3-12-8-17(24)21-19(9-12)28-23(31-21)13-4-6-15(7-5-13)27-22(29)16-10-14(25)11-18(26)20(16)30-2/h4-11H,3H2,1-2H3,(H,27,29). The van der Waals surface area contributed by atoms with Crippen LogP contribution in [0.3, 0.4) is 0 Å². The van der Waals surface area contributed by atoms with Gasteiger partial charge in [-0.1, -0.05) is 30.1 Å². The fourth-order valence-corrected chi connectivity index (χ4v) is 4.35. The molecule has 1 amide bonds. The molecule has 1 N–H and O–H groups in total. The van der Waals surface area contributed by atoms with E-state index in [1.54, 1.807) is 12.1 Å². The minimum absolute atomic E-state index is 0.250. The van der Waals surface area contributed by atoms with E-state index < -0.39 is 0 Å². The zero-order chi connectivity index (χ0) is 22.1. The third-order valence-corrected chi connectivity index (χ3v) is 5.85. The van der Waals surface area contributed by atoms with Crippen LogP contribution in [0, 0.1) is 0 Å². The minimum Gasteiger partial charge on any atom is -0.494 e. The van der Waals surface area contributed by atoms with Gasteiger partial charge < -0.3 is 14.5 Å². The molecule has 1 aromatic heterocycles. The highest BCUT2D eigenvalue weighted by Crippen LogP contribution is 2.34. The van der Waals surface area contributed by atoms with Gasteiger partial charge in [0, 0.05) is 16.3 Å². The third kappa shape index (κ3) is 4.42. The number of halogens is 3. The summed E-state index contributed by atoms with van der Waals surface area (Å²) in [6, 6.07) is 14.3. The Hall–Kier alpha value is -2.54. The highest BCUT2D eigenvalue weighted by Gasteiger charge is 2.17. The molecule has 0 aliphatic heterocycles. The van der Waals surface area contributed by atoms with Gasteiger partial charge in [-0.15, -0.1) is 0 Å². The van der Waals surface area contributed by atoms with Crippen molar-refractivity contribution in [2.75, 3.05) is 12.4 Å². The maximum atomic E-state index is 12.7. The first-order valence-electron chi connectivity index (χ1n) is 9.43. The first kappa shape index (κ1) is 21.7. The lowest BCUT2D eigenvalue weighted by Crippen LogP contribution is -2.13. The van der Waals surface area contributed by atoms with Gasteiger partial charge in [-0.2, -0.15) is 0 Å². The number of oxazole rings is 1. The van der Waals surface area contributed by atoms with Crippen molar-refractivity contribution >= 4 is 61.8 Å². The first-order chi connectivity index (χ1) is 14.9. The number of amides is 1. The molecule has 3 aromatic carbocycles. The molecule has 5 nitrogen and oxygen atoms in total. The minimum atomic E-state index is -0.383. The number of methoxy groups -OCH3 is 1. The fraction of sp³-hybridized carbons (Fsp3) is 0.130. The van der Waals surface area contributed by atoms with E-state index >= 15 is 0 Å². The van der Waals surface area contributed by atoms with Crippen molar-refractivity contribution in [3.63, 3.8) is 0 Å². The maximum Gasteiger partial charge on any atom is 0.259 e. The van der Waals surface area contributed by atoms with Gasteiger partial charge in [0.25, 0.3) is 5.91 Å². The highest BCUT2D eigenvalue weighted by molar-refractivity contribution is 9.10. The number of benzene rings is 3. The number of nitrogens with one attached hydrogen (secondary N) is 1. The number of fused-ring (bicyclic) bond motifs is 1. The summed E-state index contributed by atoms with van der Waals surface area (Å²) in [4.78, 5) is 17.3. The van der Waals surface area contributed by atoms with Gasteiger partial charge in [0.1, 0.15) is 11.3 Å². The van der Waals surface area contributed by atoms with E-state index in [-0.39, 0.29) is 22.2 Å². The Morgan fingerprint density at radius 1 is 1.16 bits per heavy atom. The van der Waals surface area contributed by atoms with Crippen LogP contribution in [-0.4, -0.2) is 18.0 Å². The topological polar surface area (TPSA) is 64.4 Å². The summed E-state index contributed by atoms with van der Waals surface area (Å²) >= 11 is 15.7. The molecule has 0 atom stereocenters. The summed E-state index contributed by atoms with van der Waals surface area (Å²) in [5.74, 6) is 0.390. The second kappa shape index (κ2) is 8.91. The van der Waals surface area contributed by atoms with Crippen LogP contribution in [0.25, 0.3) is 22.6 Å². The molecular weight excluding hydrogens is 503 g/mol. The van der Waals surface area contributed by atoms with Crippen molar-refractivity contribution in [2.45, 2.75) is 13.3 Å². The monoisotopic (exact) mass is 518 g/mol. The van der Waals surface area contributed by atoms with E-state index in [0.717, 1.165) is 22.0 Å². The second-order valence-corrected chi connectivity index (χ2v) is 8.50. The van der Waals surface area contributed by atoms with Crippen LogP contribution < -0.4 is 10.1 Å². The number of hydrogen-bond acceptors (Lipinski definition) is 4. The van der Waals surface area contributed by atoms with E-state index in [4.69, 9.17) is 32.4 Å². The summed E-state index contributed by atoms with van der Waals surface area (Å²) in [7, 11) is 1.45. The van der Waals surface area contributed by atoms with Gasteiger partial charge in [-0.3, -0.25) is 4.79 Å². The highest BCUT2D eigenvalue weighted by atomic mass is 79.9. The Bertz CT molecular complexity index is 1290. The van der Waals surface area contributed by atoms with Crippen molar-refractivity contribution in [1.82, 2.24) is 4.98 Å². The van der Waals surface area contributed by atoms with Crippen LogP contribution in [0.4, 0.5) is 5.69 Å². The molecule has 0 fully saturated rings. The average Bonchev–Trinajstić information content (AvgIpc) is 3.18. The predicted octanol–water partition coefficient (Wildman–Crippen LogP) is 7.39. The quantitative estimate of drug-likeness (QED) is 0.298. The Morgan fingerprint density at radius 3 is 2.58 bits per heavy atom. The number of anilines is 1. The van der Waals surface area contributed by atoms with Gasteiger partial charge in [0.05, 0.1) is 22.2 Å². The van der Waals surface area contributed by atoms with E-state index in [1.807, 2.05) is 24.3 Å². The summed E-state index contributed by atoms with van der Waals surface area (Å²) in [5.41, 5.74) is 4.31. The molecule has 8 heteroatoms. The summed E-state index contributed by atoms with van der Waals surface area (Å²) in [5, 5.41) is 3.44. The Balaban J connectivity index is 1.59. The molecule has 4 aromatic rings. The number of aryl methyl sites for hydroxylation is 1. The smallest absolute Gasteiger partial charge is 0.259 e. The van der Waals surface area contributed by atoms with E-state index in [0.29, 0.717) is 22.2 Å². The van der Waals surface area contributed by atoms with Gasteiger partial charge in [-0.25, -0.2) is 4.98 Å². The molecule has 4 rings (SSSR count). The molecule has 0 aliphatic rings. The number of rotatable bonds is 5. The van der Waals surface area contributed by atoms with E-state index in [2.05, 4.69) is 33.2 Å². The lowest BCUT2D eigenvalue weighted by atomic mass is 10.1. The number of hydrogen-bond donors (Lipinski definition) is 1. The maximum absolute atomic E-state index is 12.7. The van der Waals surface area contributed by atoms with E-state index in [1.165, 1.54) is 24.8 Å². The summed E-state index contributed by atoms with van der Waals surface area (Å²) in [6.07, 6.45) is 0.910. The third-order valence-electron chi connectivity index (χ3n) is 4.76. The Kier molecular flexibility index (Phi) is 6.23. The molecular formula is C23H17BrCl2N2O3. The average molecular weight is 520 g/mol. The van der Waals surface area contributed by atoms with Crippen molar-refractivity contribution in [2.24, 2.45) is 0 Å². The molecule has 0 saturated carbocycles. The van der Waals surface area contributed by atoms with Crippen LogP contribution in [0.5, 0.6) is 5.75 Å². The van der Waals surface area contributed by atoms with Gasteiger partial charge in [-0.05, 0) is 76.4 Å². The molecule has 0 bridgehead atoms. The zero-order valence-corrected chi connectivity index (χ0v) is 19.7. The number of ether oxygens (including phenoxy) is 1. The van der Waals surface area contributed by atoms with Crippen LogP contribution in [0.15, 0.2) is 57.4 Å². The number of carbonyl (C=O) groups excluding carboxylic acids is 1. The van der Waals surface area contributed by atoms with Crippen molar-refractivity contribution in [3.05, 3.63) is 74.2 Å². The second-order valence-electron chi connectivity index (χ2n) is 6.80. The number of carbonyl (C=O) groups is 1. The lowest BCUT2D eigenvalue weighted by Gasteiger charge is -2.11. The molecule has 158 valence electrons. The van der Waals surface area contributed by atoms with Crippen molar-refractivity contribution < 1.29 is 13.9 Å². The molecule has 0 radical (unpaired) electrons. The Labute approximate surface area is 197 Å². The predicted molar refractivity (Wildman–Crippen MR) is 127 cm³/mol. The van der Waals surface area contributed by atoms with Crippen LogP contribution in [-0.2, 0) is 6.42 Å². The fourth-order valence-electron chi connectivity index (χ4n) is 3.21. The number of nitrogens with zero attached hydrogens (tertiary/aromatic N) is 1. The number of aromatic nitrogens is 1. The van der Waals surface area contributed by atoms with Gasteiger partial charge in [0.15, 0.2) is 5.58 Å². The largest absolute Gasteiger partial charge is 0.494 e. The lowest BCUT2D eigenvalue weighted by molar-refractivity contribution is 0.102. The van der Waals surface area contributed by atoms with Gasteiger partial charge >= 0.3 is 0 Å². The molecule has 0 spiro atoms. The van der Waals surface area contributed by atoms with Crippen LogP contribution in [0.1, 0.15) is 22.8 Å². The normalized spacial score (nSPS) is 11.0. The molecule has 31 heavy (non-hydrogen) atoms.